The lowest BCUT2D eigenvalue weighted by Gasteiger charge is -2.22. The van der Waals surface area contributed by atoms with Gasteiger partial charge in [-0.3, -0.25) is 10.1 Å². The normalized spacial score (nSPS) is 13.7. The average molecular weight is 262 g/mol. The molecule has 0 spiro atoms. The van der Waals surface area contributed by atoms with Crippen molar-refractivity contribution in [2.45, 2.75) is 25.3 Å². The molecule has 2 rings (SSSR count). The van der Waals surface area contributed by atoms with E-state index in [0.717, 1.165) is 12.8 Å². The molecule has 1 aromatic heterocycles. The lowest BCUT2D eigenvalue weighted by molar-refractivity contribution is -0.383. The Balaban J connectivity index is 2.41. The van der Waals surface area contributed by atoms with Gasteiger partial charge in [0.05, 0.1) is 17.4 Å². The van der Waals surface area contributed by atoms with Crippen LogP contribution in [-0.2, 0) is 0 Å². The molecule has 8 heteroatoms. The molecule has 1 heterocycles. The number of anilines is 2. The van der Waals surface area contributed by atoms with Gasteiger partial charge in [0, 0.05) is 19.6 Å². The van der Waals surface area contributed by atoms with E-state index < -0.39 is 4.92 Å². The molecule has 0 saturated heterocycles. The van der Waals surface area contributed by atoms with Crippen LogP contribution in [0, 0.1) is 21.4 Å². The molecular formula is C11H14N6O2. The minimum atomic E-state index is -0.483. The van der Waals surface area contributed by atoms with Gasteiger partial charge in [-0.2, -0.15) is 5.26 Å². The van der Waals surface area contributed by atoms with Gasteiger partial charge in [-0.1, -0.05) is 0 Å². The number of hydrogen-bond acceptors (Lipinski definition) is 7. The van der Waals surface area contributed by atoms with E-state index in [4.69, 9.17) is 5.26 Å². The maximum Gasteiger partial charge on any atom is 0.353 e. The first-order valence-corrected chi connectivity index (χ1v) is 5.99. The number of aromatic nitrogens is 2. The van der Waals surface area contributed by atoms with Crippen LogP contribution in [0.3, 0.4) is 0 Å². The summed E-state index contributed by atoms with van der Waals surface area (Å²) in [6.45, 7) is 0.447. The second kappa shape index (κ2) is 5.48. The van der Waals surface area contributed by atoms with Gasteiger partial charge in [-0.05, 0) is 12.8 Å². The summed E-state index contributed by atoms with van der Waals surface area (Å²) in [5.41, 5.74) is -0.130. The zero-order valence-corrected chi connectivity index (χ0v) is 10.5. The highest BCUT2D eigenvalue weighted by molar-refractivity contribution is 5.70. The molecule has 0 unspecified atom stereocenters. The second-order valence-corrected chi connectivity index (χ2v) is 4.23. The highest BCUT2D eigenvalue weighted by atomic mass is 16.6. The fourth-order valence-corrected chi connectivity index (χ4v) is 1.95. The van der Waals surface area contributed by atoms with Crippen molar-refractivity contribution >= 4 is 17.3 Å². The van der Waals surface area contributed by atoms with Gasteiger partial charge in [0.1, 0.15) is 6.33 Å². The van der Waals surface area contributed by atoms with Gasteiger partial charge in [0.25, 0.3) is 0 Å². The summed E-state index contributed by atoms with van der Waals surface area (Å²) in [6.07, 6.45) is 3.56. The largest absolute Gasteiger partial charge is 0.367 e. The fourth-order valence-electron chi connectivity index (χ4n) is 1.95. The third kappa shape index (κ3) is 2.70. The Bertz CT molecular complexity index is 522. The van der Waals surface area contributed by atoms with Gasteiger partial charge < -0.3 is 10.2 Å². The third-order valence-electron chi connectivity index (χ3n) is 2.95. The first-order valence-electron chi connectivity index (χ1n) is 5.99. The molecule has 19 heavy (non-hydrogen) atoms. The summed E-state index contributed by atoms with van der Waals surface area (Å²) in [6, 6.07) is 2.30. The van der Waals surface area contributed by atoms with E-state index in [1.165, 1.54) is 6.33 Å². The van der Waals surface area contributed by atoms with Crippen LogP contribution in [0.15, 0.2) is 6.33 Å². The minimum Gasteiger partial charge on any atom is -0.367 e. The molecule has 8 nitrogen and oxygen atoms in total. The molecule has 0 aromatic carbocycles. The molecule has 1 N–H and O–H groups in total. The Morgan fingerprint density at radius 1 is 1.63 bits per heavy atom. The summed E-state index contributed by atoms with van der Waals surface area (Å²) < 4.78 is 0. The third-order valence-corrected chi connectivity index (χ3v) is 2.95. The Morgan fingerprint density at radius 2 is 2.37 bits per heavy atom. The number of hydrogen-bond donors (Lipinski definition) is 1. The number of nitriles is 1. The van der Waals surface area contributed by atoms with Crippen LogP contribution in [0.5, 0.6) is 0 Å². The summed E-state index contributed by atoms with van der Waals surface area (Å²) >= 11 is 0. The first kappa shape index (κ1) is 13.0. The monoisotopic (exact) mass is 262 g/mol. The van der Waals surface area contributed by atoms with E-state index >= 15 is 0 Å². The number of nitrogens with one attached hydrogen (secondary N) is 1. The first-order chi connectivity index (χ1) is 9.19. The van der Waals surface area contributed by atoms with Crippen LogP contribution in [0.1, 0.15) is 19.3 Å². The molecule has 1 saturated carbocycles. The molecular weight excluding hydrogens is 248 g/mol. The average Bonchev–Trinajstić information content (AvgIpc) is 3.23. The molecule has 0 bridgehead atoms. The lowest BCUT2D eigenvalue weighted by Crippen LogP contribution is -2.28. The van der Waals surface area contributed by atoms with Crippen molar-refractivity contribution in [3.05, 3.63) is 16.4 Å². The molecule has 1 aliphatic rings. The number of rotatable bonds is 6. The van der Waals surface area contributed by atoms with Crippen molar-refractivity contribution in [2.75, 3.05) is 23.8 Å². The van der Waals surface area contributed by atoms with Gasteiger partial charge in [0.15, 0.2) is 0 Å². The Morgan fingerprint density at radius 3 is 2.89 bits per heavy atom. The van der Waals surface area contributed by atoms with E-state index in [9.17, 15) is 10.1 Å². The Hall–Kier alpha value is -2.43. The van der Waals surface area contributed by atoms with Crippen LogP contribution < -0.4 is 10.2 Å². The van der Waals surface area contributed by atoms with Crippen LogP contribution in [0.25, 0.3) is 0 Å². The van der Waals surface area contributed by atoms with Crippen LogP contribution in [0.4, 0.5) is 17.3 Å². The summed E-state index contributed by atoms with van der Waals surface area (Å²) in [4.78, 5) is 20.5. The van der Waals surface area contributed by atoms with Gasteiger partial charge in [-0.25, -0.2) is 9.97 Å². The highest BCUT2D eigenvalue weighted by Gasteiger charge is 2.35. The lowest BCUT2D eigenvalue weighted by atomic mass is 10.3. The van der Waals surface area contributed by atoms with E-state index in [0.29, 0.717) is 18.8 Å². The molecule has 1 aliphatic carbocycles. The molecule has 1 fully saturated rings. The summed E-state index contributed by atoms with van der Waals surface area (Å²) in [7, 11) is 1.58. The van der Waals surface area contributed by atoms with Crippen molar-refractivity contribution in [1.29, 1.82) is 5.26 Å². The van der Waals surface area contributed by atoms with E-state index in [-0.39, 0.29) is 17.5 Å². The zero-order valence-electron chi connectivity index (χ0n) is 10.5. The quantitative estimate of drug-likeness (QED) is 0.608. The molecule has 0 radical (unpaired) electrons. The fraction of sp³-hybridized carbons (Fsp3) is 0.545. The van der Waals surface area contributed by atoms with Crippen LogP contribution >= 0.6 is 0 Å². The topological polar surface area (TPSA) is 108 Å². The van der Waals surface area contributed by atoms with Gasteiger partial charge in [0.2, 0.25) is 11.6 Å². The van der Waals surface area contributed by atoms with Gasteiger partial charge >= 0.3 is 5.69 Å². The van der Waals surface area contributed by atoms with Crippen molar-refractivity contribution in [3.8, 4) is 6.07 Å². The Kier molecular flexibility index (Phi) is 3.75. The predicted octanol–water partition coefficient (Wildman–Crippen LogP) is 1.31. The van der Waals surface area contributed by atoms with Crippen LogP contribution in [0.2, 0.25) is 0 Å². The molecule has 100 valence electrons. The van der Waals surface area contributed by atoms with Crippen molar-refractivity contribution in [3.63, 3.8) is 0 Å². The van der Waals surface area contributed by atoms with Crippen molar-refractivity contribution in [1.82, 2.24) is 9.97 Å². The maximum atomic E-state index is 11.2. The van der Waals surface area contributed by atoms with Gasteiger partial charge in [-0.15, -0.1) is 0 Å². The summed E-state index contributed by atoms with van der Waals surface area (Å²) in [5.74, 6) is 0.486. The highest BCUT2D eigenvalue weighted by Crippen LogP contribution is 2.37. The van der Waals surface area contributed by atoms with Crippen molar-refractivity contribution in [2.24, 2.45) is 0 Å². The standard InChI is InChI=1S/C11H14N6O2/c1-13-10-9(17(18)19)11(15-7-14-10)16(6-2-5-12)8-3-4-8/h7-8H,2-4,6H2,1H3,(H,13,14,15). The maximum absolute atomic E-state index is 11.2. The second-order valence-electron chi connectivity index (χ2n) is 4.23. The Labute approximate surface area is 110 Å². The zero-order chi connectivity index (χ0) is 13.8. The molecule has 0 aliphatic heterocycles. The molecule has 0 amide bonds. The number of nitro groups is 1. The van der Waals surface area contributed by atoms with E-state index in [1.807, 2.05) is 4.90 Å². The molecule has 1 aromatic rings. The van der Waals surface area contributed by atoms with Crippen LogP contribution in [-0.4, -0.2) is 34.5 Å². The van der Waals surface area contributed by atoms with E-state index in [1.54, 1.807) is 7.05 Å². The smallest absolute Gasteiger partial charge is 0.353 e. The van der Waals surface area contributed by atoms with Crippen molar-refractivity contribution < 1.29 is 4.92 Å². The summed E-state index contributed by atoms with van der Waals surface area (Å²) in [5, 5.41) is 22.6. The van der Waals surface area contributed by atoms with E-state index in [2.05, 4.69) is 21.4 Å². The predicted molar refractivity (Wildman–Crippen MR) is 68.8 cm³/mol. The molecule has 0 atom stereocenters. The number of nitrogens with zero attached hydrogens (tertiary/aromatic N) is 5. The SMILES string of the molecule is CNc1ncnc(N(CCC#N)C2CC2)c1[N+](=O)[O-]. The minimum absolute atomic E-state index is 0.130.